The first kappa shape index (κ1) is 33.8. The molecule has 3 atom stereocenters. The van der Waals surface area contributed by atoms with E-state index in [1.807, 2.05) is 24.3 Å². The highest BCUT2D eigenvalue weighted by Gasteiger charge is 2.43. The third-order valence-electron chi connectivity index (χ3n) is 10.6. The summed E-state index contributed by atoms with van der Waals surface area (Å²) in [5.41, 5.74) is 10.9. The number of ether oxygens (including phenoxy) is 1. The zero-order chi connectivity index (χ0) is 33.2. The van der Waals surface area contributed by atoms with Crippen LogP contribution in [-0.4, -0.2) is 26.9 Å². The highest BCUT2D eigenvalue weighted by Crippen LogP contribution is 2.48. The van der Waals surface area contributed by atoms with Crippen molar-refractivity contribution in [1.82, 2.24) is 14.8 Å². The van der Waals surface area contributed by atoms with Gasteiger partial charge >= 0.3 is 6.18 Å². The Morgan fingerprint density at radius 1 is 1.02 bits per heavy atom. The molecule has 47 heavy (non-hydrogen) atoms. The number of hydrogen-bond acceptors (Lipinski definition) is 3. The van der Waals surface area contributed by atoms with Crippen molar-refractivity contribution in [1.29, 1.82) is 0 Å². The van der Waals surface area contributed by atoms with E-state index in [1.165, 1.54) is 50.7 Å². The molecule has 4 aromatic rings. The number of benzene rings is 2. The maximum Gasteiger partial charge on any atom is 0.416 e. The second kappa shape index (κ2) is 13.8. The highest BCUT2D eigenvalue weighted by molar-refractivity contribution is 5.98. The Labute approximate surface area is 277 Å². The second-order valence-electron chi connectivity index (χ2n) is 14.8. The standard InChI is InChI=1S/C39H51F3N4O/c1-4-5-6-7-8-12-27(2)17-18-30-24-33(46(45-30)26-38(43)19-20-38)34-25-37(3,21-22-47-34)36-35(31-15-9-10-16-32(31)44-36)28-13-11-14-29(23-28)39(40,41)42/h9-11,13-16,23-24,27,34,44H,4-8,12,17-22,25-26,43H2,1-3H3. The quantitative estimate of drug-likeness (QED) is 0.134. The van der Waals surface area contributed by atoms with Crippen molar-refractivity contribution in [3.8, 4) is 11.1 Å². The number of alkyl halides is 3. The first-order valence-corrected chi connectivity index (χ1v) is 17.7. The number of para-hydroxylation sites is 1. The normalized spacial score (nSPS) is 21.7. The predicted octanol–water partition coefficient (Wildman–Crippen LogP) is 10.3. The van der Waals surface area contributed by atoms with Crippen molar-refractivity contribution in [3.63, 3.8) is 0 Å². The summed E-state index contributed by atoms with van der Waals surface area (Å²) in [6, 6.07) is 15.8. The summed E-state index contributed by atoms with van der Waals surface area (Å²) in [5, 5.41) is 6.03. The van der Waals surface area contributed by atoms with E-state index in [0.717, 1.165) is 71.7 Å². The smallest absolute Gasteiger partial charge is 0.372 e. The second-order valence-corrected chi connectivity index (χ2v) is 14.8. The van der Waals surface area contributed by atoms with Crippen LogP contribution in [0.3, 0.4) is 0 Å². The fourth-order valence-corrected chi connectivity index (χ4v) is 7.41. The lowest BCUT2D eigenvalue weighted by Gasteiger charge is -2.39. The van der Waals surface area contributed by atoms with Crippen LogP contribution in [0.2, 0.25) is 0 Å². The van der Waals surface area contributed by atoms with Crippen LogP contribution in [0.15, 0.2) is 54.6 Å². The molecule has 2 aromatic heterocycles. The molecule has 1 saturated heterocycles. The molecule has 1 aliphatic heterocycles. The van der Waals surface area contributed by atoms with Gasteiger partial charge in [0.05, 0.1) is 23.5 Å². The number of rotatable bonds is 14. The van der Waals surface area contributed by atoms with E-state index in [4.69, 9.17) is 15.6 Å². The number of nitrogens with two attached hydrogens (primary N) is 1. The number of aromatic amines is 1. The van der Waals surface area contributed by atoms with Crippen LogP contribution in [0, 0.1) is 5.92 Å². The summed E-state index contributed by atoms with van der Waals surface area (Å²) in [7, 11) is 0. The predicted molar refractivity (Wildman–Crippen MR) is 183 cm³/mol. The highest BCUT2D eigenvalue weighted by atomic mass is 19.4. The summed E-state index contributed by atoms with van der Waals surface area (Å²) < 4.78 is 50.0. The number of hydrogen-bond donors (Lipinski definition) is 2. The molecule has 0 amide bonds. The van der Waals surface area contributed by atoms with Crippen LogP contribution >= 0.6 is 0 Å². The molecule has 2 fully saturated rings. The van der Waals surface area contributed by atoms with Gasteiger partial charge in [0.1, 0.15) is 6.10 Å². The average molecular weight is 649 g/mol. The van der Waals surface area contributed by atoms with Gasteiger partial charge in [-0.2, -0.15) is 18.3 Å². The Morgan fingerprint density at radius 2 is 1.81 bits per heavy atom. The molecular weight excluding hydrogens is 597 g/mol. The van der Waals surface area contributed by atoms with Gasteiger partial charge in [0.25, 0.3) is 0 Å². The number of nitrogens with zero attached hydrogens (tertiary/aromatic N) is 2. The first-order valence-electron chi connectivity index (χ1n) is 17.7. The molecule has 3 unspecified atom stereocenters. The number of fused-ring (bicyclic) bond motifs is 1. The van der Waals surface area contributed by atoms with Crippen molar-refractivity contribution in [3.05, 3.63) is 77.2 Å². The van der Waals surface area contributed by atoms with E-state index in [0.29, 0.717) is 31.1 Å². The van der Waals surface area contributed by atoms with Gasteiger partial charge in [0.15, 0.2) is 0 Å². The summed E-state index contributed by atoms with van der Waals surface area (Å²) in [6.45, 7) is 8.05. The Bertz CT molecular complexity index is 1650. The zero-order valence-corrected chi connectivity index (χ0v) is 28.3. The SMILES string of the molecule is CCCCCCCC(C)CCc1cc(C2CC(C)(c3[nH]c4ccccc4c3-c3cccc(C(F)(F)F)c3)CCO2)n(CC2(N)CC2)n1. The number of nitrogens with one attached hydrogen (secondary N) is 1. The van der Waals surface area contributed by atoms with Crippen molar-refractivity contribution < 1.29 is 17.9 Å². The number of unbranched alkanes of at least 4 members (excludes halogenated alkanes) is 4. The van der Waals surface area contributed by atoms with Crippen molar-refractivity contribution in [2.24, 2.45) is 11.7 Å². The minimum absolute atomic E-state index is 0.200. The van der Waals surface area contributed by atoms with Gasteiger partial charge in [-0.3, -0.25) is 4.68 Å². The molecule has 3 heterocycles. The molecule has 5 nitrogen and oxygen atoms in total. The Balaban J connectivity index is 1.27. The minimum Gasteiger partial charge on any atom is -0.372 e. The third kappa shape index (κ3) is 7.80. The lowest BCUT2D eigenvalue weighted by atomic mass is 9.74. The zero-order valence-electron chi connectivity index (χ0n) is 28.3. The Morgan fingerprint density at radius 3 is 2.57 bits per heavy atom. The maximum atomic E-state index is 13.8. The number of H-pyrrole nitrogens is 1. The lowest BCUT2D eigenvalue weighted by molar-refractivity contribution is -0.137. The van der Waals surface area contributed by atoms with Gasteiger partial charge in [-0.1, -0.05) is 89.6 Å². The van der Waals surface area contributed by atoms with Crippen LogP contribution in [0.5, 0.6) is 0 Å². The Hall–Kier alpha value is -3.10. The molecular formula is C39H51F3N4O. The minimum atomic E-state index is -4.42. The fourth-order valence-electron chi connectivity index (χ4n) is 7.41. The number of aryl methyl sites for hydroxylation is 1. The third-order valence-corrected chi connectivity index (χ3v) is 10.6. The molecule has 2 aromatic carbocycles. The van der Waals surface area contributed by atoms with E-state index >= 15 is 0 Å². The van der Waals surface area contributed by atoms with E-state index in [9.17, 15) is 13.2 Å². The van der Waals surface area contributed by atoms with Gasteiger partial charge in [0, 0.05) is 39.7 Å². The molecule has 0 spiro atoms. The average Bonchev–Trinajstić information content (AvgIpc) is 3.44. The van der Waals surface area contributed by atoms with Crippen LogP contribution in [0.25, 0.3) is 22.0 Å². The molecule has 1 aliphatic carbocycles. The van der Waals surface area contributed by atoms with Crippen molar-refractivity contribution >= 4 is 10.9 Å². The summed E-state index contributed by atoms with van der Waals surface area (Å²) in [6.07, 6.45) is 8.64. The molecule has 3 N–H and O–H groups in total. The van der Waals surface area contributed by atoms with Crippen LogP contribution in [-0.2, 0) is 29.3 Å². The van der Waals surface area contributed by atoms with E-state index < -0.39 is 11.7 Å². The fraction of sp³-hybridized carbons (Fsp3) is 0.564. The van der Waals surface area contributed by atoms with Gasteiger partial charge < -0.3 is 15.5 Å². The molecule has 0 bridgehead atoms. The van der Waals surface area contributed by atoms with Crippen LogP contribution in [0.1, 0.15) is 120 Å². The van der Waals surface area contributed by atoms with Crippen molar-refractivity contribution in [2.45, 2.75) is 128 Å². The Kier molecular flexibility index (Phi) is 9.91. The molecule has 8 heteroatoms. The van der Waals surface area contributed by atoms with Gasteiger partial charge in [-0.05, 0) is 74.3 Å². The number of aromatic nitrogens is 3. The molecule has 254 valence electrons. The largest absolute Gasteiger partial charge is 0.416 e. The van der Waals surface area contributed by atoms with E-state index in [-0.39, 0.29) is 17.1 Å². The number of halogens is 3. The summed E-state index contributed by atoms with van der Waals surface area (Å²) >= 11 is 0. The van der Waals surface area contributed by atoms with Gasteiger partial charge in [-0.25, -0.2) is 0 Å². The first-order chi connectivity index (χ1) is 22.5. The topological polar surface area (TPSA) is 68.9 Å². The molecule has 6 rings (SSSR count). The van der Waals surface area contributed by atoms with Crippen LogP contribution in [0.4, 0.5) is 13.2 Å². The van der Waals surface area contributed by atoms with Gasteiger partial charge in [0.2, 0.25) is 0 Å². The van der Waals surface area contributed by atoms with Gasteiger partial charge in [-0.15, -0.1) is 0 Å². The van der Waals surface area contributed by atoms with Crippen molar-refractivity contribution in [2.75, 3.05) is 6.61 Å². The maximum absolute atomic E-state index is 13.8. The molecule has 1 saturated carbocycles. The summed E-state index contributed by atoms with van der Waals surface area (Å²) in [5.74, 6) is 0.653. The van der Waals surface area contributed by atoms with E-state index in [1.54, 1.807) is 6.07 Å². The van der Waals surface area contributed by atoms with E-state index in [2.05, 4.69) is 36.5 Å². The molecule has 0 radical (unpaired) electrons. The lowest BCUT2D eigenvalue weighted by Crippen LogP contribution is -2.35. The monoisotopic (exact) mass is 648 g/mol. The molecule has 2 aliphatic rings. The summed E-state index contributed by atoms with van der Waals surface area (Å²) in [4.78, 5) is 3.65. The van der Waals surface area contributed by atoms with Crippen LogP contribution < -0.4 is 5.73 Å².